The van der Waals surface area contributed by atoms with Crippen molar-refractivity contribution in [3.63, 3.8) is 0 Å². The van der Waals surface area contributed by atoms with Crippen LogP contribution in [0.3, 0.4) is 0 Å². The van der Waals surface area contributed by atoms with Crippen LogP contribution in [0, 0.1) is 0 Å². The van der Waals surface area contributed by atoms with Gasteiger partial charge in [0.15, 0.2) is 5.11 Å². The van der Waals surface area contributed by atoms with E-state index in [0.717, 1.165) is 23.4 Å². The Morgan fingerprint density at radius 1 is 1.05 bits per heavy atom. The summed E-state index contributed by atoms with van der Waals surface area (Å²) in [6.45, 7) is 2.43. The molecule has 40 heavy (non-hydrogen) atoms. The highest BCUT2D eigenvalue weighted by molar-refractivity contribution is 7.80. The van der Waals surface area contributed by atoms with Gasteiger partial charge in [-0.25, -0.2) is 4.79 Å². The van der Waals surface area contributed by atoms with Gasteiger partial charge in [0, 0.05) is 30.4 Å². The fraction of sp³-hybridized carbons (Fsp3) is 0.226. The number of thiocarbonyl (C=S) groups is 1. The van der Waals surface area contributed by atoms with Crippen LogP contribution in [0.1, 0.15) is 52.8 Å². The fourth-order valence-electron chi connectivity index (χ4n) is 4.98. The Morgan fingerprint density at radius 3 is 2.60 bits per heavy atom. The standard InChI is InChI=1S/C31H30N4O4S/c1-3-20-10-4-7-13-23(20)33-27(36)17-19-35-29(28(34-31(35)40)24-14-8-9-18-32-24)26-16-15-25(39-26)21-11-5-6-12-22(21)30(37)38-2/h4-16,18,28-29H,3,17,19H2,1-2H3,(H,33,36)(H,34,40)/t28-,29+/m1/s1. The van der Waals surface area contributed by atoms with E-state index in [1.54, 1.807) is 18.3 Å². The molecule has 3 heterocycles. The van der Waals surface area contributed by atoms with Gasteiger partial charge in [-0.1, -0.05) is 49.4 Å². The van der Waals surface area contributed by atoms with Crippen molar-refractivity contribution < 1.29 is 18.7 Å². The maximum absolute atomic E-state index is 13.0. The molecule has 2 atom stereocenters. The first kappa shape index (κ1) is 27.1. The number of nitrogens with one attached hydrogen (secondary N) is 2. The number of pyridine rings is 1. The number of esters is 1. The van der Waals surface area contributed by atoms with E-state index >= 15 is 0 Å². The monoisotopic (exact) mass is 554 g/mol. The van der Waals surface area contributed by atoms with E-state index in [4.69, 9.17) is 21.4 Å². The van der Waals surface area contributed by atoms with Crippen molar-refractivity contribution >= 4 is 34.9 Å². The highest BCUT2D eigenvalue weighted by Gasteiger charge is 2.41. The second-order valence-electron chi connectivity index (χ2n) is 9.37. The molecule has 2 aromatic heterocycles. The quantitative estimate of drug-likeness (QED) is 0.201. The summed E-state index contributed by atoms with van der Waals surface area (Å²) in [6.07, 6.45) is 2.78. The molecule has 0 radical (unpaired) electrons. The lowest BCUT2D eigenvalue weighted by Crippen LogP contribution is -2.32. The molecule has 1 saturated heterocycles. The number of aryl methyl sites for hydroxylation is 1. The van der Waals surface area contributed by atoms with E-state index < -0.39 is 5.97 Å². The minimum atomic E-state index is -0.444. The highest BCUT2D eigenvalue weighted by Crippen LogP contribution is 2.41. The van der Waals surface area contributed by atoms with Crippen LogP contribution in [-0.2, 0) is 16.0 Å². The number of methoxy groups -OCH3 is 1. The zero-order valence-electron chi connectivity index (χ0n) is 22.3. The minimum Gasteiger partial charge on any atom is -0.465 e. The number of rotatable bonds is 9. The molecule has 1 fully saturated rings. The van der Waals surface area contributed by atoms with Crippen molar-refractivity contribution in [2.45, 2.75) is 31.8 Å². The number of carbonyl (C=O) groups is 2. The van der Waals surface area contributed by atoms with E-state index in [-0.39, 0.29) is 24.4 Å². The molecule has 1 aliphatic rings. The number of anilines is 1. The normalized spacial score (nSPS) is 16.4. The van der Waals surface area contributed by atoms with E-state index in [9.17, 15) is 9.59 Å². The summed E-state index contributed by atoms with van der Waals surface area (Å²) in [7, 11) is 1.35. The van der Waals surface area contributed by atoms with Crippen molar-refractivity contribution in [2.75, 3.05) is 19.0 Å². The zero-order valence-corrected chi connectivity index (χ0v) is 23.1. The largest absolute Gasteiger partial charge is 0.465 e. The zero-order chi connectivity index (χ0) is 28.1. The molecule has 0 bridgehead atoms. The SMILES string of the molecule is CCc1ccccc1NC(=O)CCN1C(=S)N[C@H](c2ccccn2)[C@@H]1c1ccc(-c2ccccc2C(=O)OC)o1. The molecule has 0 aliphatic carbocycles. The number of benzene rings is 2. The topological polar surface area (TPSA) is 96.7 Å². The van der Waals surface area contributed by atoms with Crippen molar-refractivity contribution in [3.05, 3.63) is 108 Å². The number of hydrogen-bond acceptors (Lipinski definition) is 6. The van der Waals surface area contributed by atoms with Gasteiger partial charge in [0.1, 0.15) is 17.6 Å². The van der Waals surface area contributed by atoms with Crippen LogP contribution in [0.4, 0.5) is 5.69 Å². The maximum atomic E-state index is 13.0. The lowest BCUT2D eigenvalue weighted by Gasteiger charge is -2.26. The van der Waals surface area contributed by atoms with Crippen LogP contribution in [0.5, 0.6) is 0 Å². The molecule has 2 N–H and O–H groups in total. The number of amides is 1. The van der Waals surface area contributed by atoms with Gasteiger partial charge >= 0.3 is 5.97 Å². The van der Waals surface area contributed by atoms with Crippen LogP contribution < -0.4 is 10.6 Å². The van der Waals surface area contributed by atoms with Crippen LogP contribution in [0.25, 0.3) is 11.3 Å². The molecule has 0 spiro atoms. The van der Waals surface area contributed by atoms with Gasteiger partial charge in [0.2, 0.25) is 5.91 Å². The third kappa shape index (κ3) is 5.60. The first-order valence-electron chi connectivity index (χ1n) is 13.1. The summed E-state index contributed by atoms with van der Waals surface area (Å²) >= 11 is 5.74. The van der Waals surface area contributed by atoms with Gasteiger partial charge in [0.25, 0.3) is 0 Å². The van der Waals surface area contributed by atoms with Gasteiger partial charge in [0.05, 0.1) is 24.4 Å². The van der Waals surface area contributed by atoms with Crippen molar-refractivity contribution in [2.24, 2.45) is 0 Å². The second kappa shape index (κ2) is 12.1. The van der Waals surface area contributed by atoms with Crippen LogP contribution in [0.15, 0.2) is 89.5 Å². The van der Waals surface area contributed by atoms with Gasteiger partial charge < -0.3 is 24.7 Å². The fourth-order valence-corrected chi connectivity index (χ4v) is 5.31. The van der Waals surface area contributed by atoms with Crippen molar-refractivity contribution in [1.29, 1.82) is 0 Å². The third-order valence-corrected chi connectivity index (χ3v) is 7.32. The molecular formula is C31H30N4O4S. The summed E-state index contributed by atoms with van der Waals surface area (Å²) in [5, 5.41) is 6.92. The van der Waals surface area contributed by atoms with E-state index in [1.165, 1.54) is 7.11 Å². The number of hydrogen-bond donors (Lipinski definition) is 2. The summed E-state index contributed by atoms with van der Waals surface area (Å²) < 4.78 is 11.3. The summed E-state index contributed by atoms with van der Waals surface area (Å²) in [5.74, 6) is 0.619. The summed E-state index contributed by atoms with van der Waals surface area (Å²) in [6, 6.07) is 23.7. The number of aromatic nitrogens is 1. The lowest BCUT2D eigenvalue weighted by atomic mass is 10.0. The van der Waals surface area contributed by atoms with Gasteiger partial charge in [-0.2, -0.15) is 0 Å². The van der Waals surface area contributed by atoms with Crippen LogP contribution >= 0.6 is 12.2 Å². The number of nitrogens with zero attached hydrogens (tertiary/aromatic N) is 2. The van der Waals surface area contributed by atoms with Gasteiger partial charge in [-0.15, -0.1) is 0 Å². The molecule has 8 nitrogen and oxygen atoms in total. The minimum absolute atomic E-state index is 0.101. The maximum Gasteiger partial charge on any atom is 0.338 e. The molecule has 0 unspecified atom stereocenters. The Morgan fingerprint density at radius 2 is 1.82 bits per heavy atom. The molecule has 9 heteroatoms. The first-order valence-corrected chi connectivity index (χ1v) is 13.5. The molecule has 2 aromatic carbocycles. The van der Waals surface area contributed by atoms with Crippen LogP contribution in [0.2, 0.25) is 0 Å². The smallest absolute Gasteiger partial charge is 0.338 e. The molecule has 1 amide bonds. The average Bonchev–Trinajstić information content (AvgIpc) is 3.60. The number of ether oxygens (including phenoxy) is 1. The molecule has 0 saturated carbocycles. The van der Waals surface area contributed by atoms with Gasteiger partial charge in [-0.05, 0) is 60.6 Å². The Labute approximate surface area is 238 Å². The second-order valence-corrected chi connectivity index (χ2v) is 9.75. The highest BCUT2D eigenvalue weighted by atomic mass is 32.1. The lowest BCUT2D eigenvalue weighted by molar-refractivity contribution is -0.116. The Kier molecular flexibility index (Phi) is 8.21. The third-order valence-electron chi connectivity index (χ3n) is 6.97. The Balaban J connectivity index is 1.43. The van der Waals surface area contributed by atoms with Crippen molar-refractivity contribution in [3.8, 4) is 11.3 Å². The van der Waals surface area contributed by atoms with Crippen LogP contribution in [-0.4, -0.2) is 40.5 Å². The predicted molar refractivity (Wildman–Crippen MR) is 157 cm³/mol. The van der Waals surface area contributed by atoms with Crippen molar-refractivity contribution in [1.82, 2.24) is 15.2 Å². The molecular weight excluding hydrogens is 524 g/mol. The number of furan rings is 1. The number of para-hydroxylation sites is 1. The first-order chi connectivity index (χ1) is 19.5. The average molecular weight is 555 g/mol. The molecule has 204 valence electrons. The summed E-state index contributed by atoms with van der Waals surface area (Å²) in [5.41, 5.74) is 3.74. The number of carbonyl (C=O) groups excluding carboxylic acids is 2. The predicted octanol–water partition coefficient (Wildman–Crippen LogP) is 5.69. The molecule has 5 rings (SSSR count). The molecule has 4 aromatic rings. The van der Waals surface area contributed by atoms with E-state index in [0.29, 0.717) is 34.3 Å². The van der Waals surface area contributed by atoms with E-state index in [2.05, 4.69) is 22.5 Å². The Hall–Kier alpha value is -4.50. The van der Waals surface area contributed by atoms with E-state index in [1.807, 2.05) is 71.6 Å². The Bertz CT molecular complexity index is 1520. The summed E-state index contributed by atoms with van der Waals surface area (Å²) in [4.78, 5) is 31.9. The molecule has 1 aliphatic heterocycles. The van der Waals surface area contributed by atoms with Gasteiger partial charge in [-0.3, -0.25) is 9.78 Å².